The second-order valence-corrected chi connectivity index (χ2v) is 5.25. The third kappa shape index (κ3) is 3.17. The van der Waals surface area contributed by atoms with Gasteiger partial charge in [0.15, 0.2) is 5.82 Å². The van der Waals surface area contributed by atoms with Crippen molar-refractivity contribution in [1.29, 1.82) is 0 Å². The fourth-order valence-electron chi connectivity index (χ4n) is 2.04. The van der Waals surface area contributed by atoms with Gasteiger partial charge in [-0.05, 0) is 11.6 Å². The molecule has 0 saturated heterocycles. The molecule has 3 aromatic rings. The second-order valence-electron chi connectivity index (χ2n) is 4.85. The number of carbonyl (C=O) groups excluding carboxylic acids is 1. The Morgan fingerprint density at radius 2 is 2.14 bits per heavy atom. The molecular formula is C15H14ClN5O. The third-order valence-corrected chi connectivity index (χ3v) is 3.51. The zero-order valence-corrected chi connectivity index (χ0v) is 12.7. The summed E-state index contributed by atoms with van der Waals surface area (Å²) in [7, 11) is 1.79. The van der Waals surface area contributed by atoms with Crippen molar-refractivity contribution < 1.29 is 4.79 Å². The molecule has 1 amide bonds. The van der Waals surface area contributed by atoms with Gasteiger partial charge in [-0.1, -0.05) is 29.8 Å². The van der Waals surface area contributed by atoms with Crippen LogP contribution in [0.4, 0.5) is 5.82 Å². The fourth-order valence-corrected chi connectivity index (χ4v) is 2.23. The second kappa shape index (κ2) is 6.03. The van der Waals surface area contributed by atoms with Gasteiger partial charge >= 0.3 is 0 Å². The Morgan fingerprint density at radius 1 is 1.32 bits per heavy atom. The number of nitrogens with zero attached hydrogens (tertiary/aromatic N) is 4. The molecule has 0 atom stereocenters. The summed E-state index contributed by atoms with van der Waals surface area (Å²) in [5.41, 5.74) is 1.42. The van der Waals surface area contributed by atoms with Crippen LogP contribution in [0.3, 0.4) is 0 Å². The van der Waals surface area contributed by atoms with Crippen molar-refractivity contribution in [2.75, 3.05) is 5.32 Å². The number of halogens is 1. The topological polar surface area (TPSA) is 64.7 Å². The highest BCUT2D eigenvalue weighted by Gasteiger charge is 2.11. The minimum absolute atomic E-state index is 0.246. The Balaban J connectivity index is 1.70. The van der Waals surface area contributed by atoms with E-state index in [-0.39, 0.29) is 5.91 Å². The Kier molecular flexibility index (Phi) is 3.93. The van der Waals surface area contributed by atoms with Crippen LogP contribution in [-0.2, 0) is 13.6 Å². The van der Waals surface area contributed by atoms with E-state index in [1.54, 1.807) is 34.9 Å². The van der Waals surface area contributed by atoms with E-state index in [4.69, 9.17) is 11.6 Å². The number of amides is 1. The van der Waals surface area contributed by atoms with Crippen molar-refractivity contribution in [3.05, 3.63) is 65.1 Å². The molecule has 0 unspecified atom stereocenters. The summed E-state index contributed by atoms with van der Waals surface area (Å²) in [6.45, 7) is 0.510. The summed E-state index contributed by atoms with van der Waals surface area (Å²) >= 11 is 6.12. The molecule has 112 valence electrons. The first-order valence-corrected chi connectivity index (χ1v) is 7.06. The van der Waals surface area contributed by atoms with Crippen LogP contribution in [-0.4, -0.2) is 25.5 Å². The van der Waals surface area contributed by atoms with E-state index in [1.807, 2.05) is 24.3 Å². The van der Waals surface area contributed by atoms with E-state index >= 15 is 0 Å². The van der Waals surface area contributed by atoms with Crippen molar-refractivity contribution in [3.63, 3.8) is 0 Å². The van der Waals surface area contributed by atoms with Gasteiger partial charge in [-0.15, -0.1) is 0 Å². The lowest BCUT2D eigenvalue weighted by Crippen LogP contribution is -2.12. The largest absolute Gasteiger partial charge is 0.305 e. The number of anilines is 1. The number of carbonyl (C=O) groups is 1. The predicted octanol–water partition coefficient (Wildman–Crippen LogP) is 2.57. The van der Waals surface area contributed by atoms with Crippen molar-refractivity contribution in [2.24, 2.45) is 7.05 Å². The van der Waals surface area contributed by atoms with Crippen molar-refractivity contribution >= 4 is 23.3 Å². The Hall–Kier alpha value is -2.60. The van der Waals surface area contributed by atoms with Gasteiger partial charge < -0.3 is 5.32 Å². The van der Waals surface area contributed by atoms with E-state index in [9.17, 15) is 4.79 Å². The Labute approximate surface area is 132 Å². The quantitative estimate of drug-likeness (QED) is 0.804. The van der Waals surface area contributed by atoms with Crippen LogP contribution in [0, 0.1) is 0 Å². The molecule has 3 rings (SSSR count). The van der Waals surface area contributed by atoms with Crippen LogP contribution >= 0.6 is 11.6 Å². The monoisotopic (exact) mass is 315 g/mol. The standard InChI is InChI=1S/C15H14ClN5O/c1-20-7-6-14(19-20)18-15(22)12-8-17-21(10-12)9-11-4-2-3-5-13(11)16/h2-8,10H,9H2,1H3,(H,18,19,22). The number of nitrogens with one attached hydrogen (secondary N) is 1. The van der Waals surface area contributed by atoms with Crippen LogP contribution in [0.5, 0.6) is 0 Å². The van der Waals surface area contributed by atoms with Crippen molar-refractivity contribution in [3.8, 4) is 0 Å². The van der Waals surface area contributed by atoms with Gasteiger partial charge in [0.25, 0.3) is 5.91 Å². The smallest absolute Gasteiger partial charge is 0.260 e. The molecule has 6 nitrogen and oxygen atoms in total. The minimum Gasteiger partial charge on any atom is -0.305 e. The van der Waals surface area contributed by atoms with E-state index in [0.29, 0.717) is 22.9 Å². The van der Waals surface area contributed by atoms with Crippen LogP contribution < -0.4 is 5.32 Å². The van der Waals surface area contributed by atoms with Gasteiger partial charge in [0.1, 0.15) is 0 Å². The lowest BCUT2D eigenvalue weighted by atomic mass is 10.2. The molecule has 0 saturated carbocycles. The number of benzene rings is 1. The summed E-state index contributed by atoms with van der Waals surface area (Å²) in [5.74, 6) is 0.260. The zero-order valence-electron chi connectivity index (χ0n) is 11.9. The van der Waals surface area contributed by atoms with Crippen LogP contribution in [0.15, 0.2) is 48.9 Å². The van der Waals surface area contributed by atoms with Gasteiger partial charge in [0, 0.05) is 30.5 Å². The van der Waals surface area contributed by atoms with Crippen molar-refractivity contribution in [1.82, 2.24) is 19.6 Å². The van der Waals surface area contributed by atoms with Crippen LogP contribution in [0.2, 0.25) is 5.02 Å². The molecule has 2 aromatic heterocycles. The summed E-state index contributed by atoms with van der Waals surface area (Å²) < 4.78 is 3.30. The molecule has 0 spiro atoms. The summed E-state index contributed by atoms with van der Waals surface area (Å²) in [6.07, 6.45) is 4.97. The number of hydrogen-bond acceptors (Lipinski definition) is 3. The van der Waals surface area contributed by atoms with E-state index in [2.05, 4.69) is 15.5 Å². The van der Waals surface area contributed by atoms with Gasteiger partial charge in [-0.25, -0.2) is 0 Å². The molecule has 22 heavy (non-hydrogen) atoms. The number of hydrogen-bond donors (Lipinski definition) is 1. The van der Waals surface area contributed by atoms with Gasteiger partial charge in [-0.2, -0.15) is 10.2 Å². The maximum atomic E-state index is 12.1. The highest BCUT2D eigenvalue weighted by molar-refractivity contribution is 6.31. The maximum Gasteiger partial charge on any atom is 0.260 e. The average Bonchev–Trinajstić information content (AvgIpc) is 3.11. The van der Waals surface area contributed by atoms with Gasteiger partial charge in [-0.3, -0.25) is 14.2 Å². The van der Waals surface area contributed by atoms with E-state index in [0.717, 1.165) is 5.56 Å². The van der Waals surface area contributed by atoms with Gasteiger partial charge in [0.05, 0.1) is 18.3 Å². The molecule has 7 heteroatoms. The maximum absolute atomic E-state index is 12.1. The molecule has 1 N–H and O–H groups in total. The van der Waals surface area contributed by atoms with E-state index < -0.39 is 0 Å². The van der Waals surface area contributed by atoms with Gasteiger partial charge in [0.2, 0.25) is 0 Å². The molecule has 0 aliphatic rings. The number of rotatable bonds is 4. The fraction of sp³-hybridized carbons (Fsp3) is 0.133. The number of aryl methyl sites for hydroxylation is 1. The lowest BCUT2D eigenvalue weighted by Gasteiger charge is -2.03. The lowest BCUT2D eigenvalue weighted by molar-refractivity contribution is 0.102. The minimum atomic E-state index is -0.246. The molecule has 0 radical (unpaired) electrons. The van der Waals surface area contributed by atoms with Crippen LogP contribution in [0.25, 0.3) is 0 Å². The normalized spacial score (nSPS) is 10.6. The number of aromatic nitrogens is 4. The highest BCUT2D eigenvalue weighted by atomic mass is 35.5. The van der Waals surface area contributed by atoms with Crippen LogP contribution in [0.1, 0.15) is 15.9 Å². The molecule has 1 aromatic carbocycles. The Morgan fingerprint density at radius 3 is 2.86 bits per heavy atom. The molecular weight excluding hydrogens is 302 g/mol. The first kappa shape index (κ1) is 14.3. The SMILES string of the molecule is Cn1ccc(NC(=O)c2cnn(Cc3ccccc3Cl)c2)n1. The first-order valence-electron chi connectivity index (χ1n) is 6.69. The van der Waals surface area contributed by atoms with Crippen molar-refractivity contribution in [2.45, 2.75) is 6.54 Å². The Bertz CT molecular complexity index is 808. The average molecular weight is 316 g/mol. The molecule has 0 aliphatic heterocycles. The first-order chi connectivity index (χ1) is 10.6. The summed E-state index contributed by atoms with van der Waals surface area (Å²) in [5, 5.41) is 11.7. The molecule has 2 heterocycles. The summed E-state index contributed by atoms with van der Waals surface area (Å²) in [6, 6.07) is 9.28. The van der Waals surface area contributed by atoms with E-state index in [1.165, 1.54) is 6.20 Å². The molecule has 0 fully saturated rings. The summed E-state index contributed by atoms with van der Waals surface area (Å²) in [4.78, 5) is 12.1. The highest BCUT2D eigenvalue weighted by Crippen LogP contribution is 2.16. The molecule has 0 aliphatic carbocycles. The molecule has 0 bridgehead atoms. The third-order valence-electron chi connectivity index (χ3n) is 3.14. The zero-order chi connectivity index (χ0) is 15.5. The predicted molar refractivity (Wildman–Crippen MR) is 83.9 cm³/mol.